The van der Waals surface area contributed by atoms with Crippen molar-refractivity contribution in [1.82, 2.24) is 0 Å². The summed E-state index contributed by atoms with van der Waals surface area (Å²) in [7, 11) is -11.2. The predicted octanol–water partition coefficient (Wildman–Crippen LogP) is -3.09. The van der Waals surface area contributed by atoms with Gasteiger partial charge in [0.1, 0.15) is 24.9 Å². The van der Waals surface area contributed by atoms with Gasteiger partial charge in [-0.3, -0.25) is 12.5 Å². The molecule has 2 N–H and O–H groups in total. The second-order valence-electron chi connectivity index (χ2n) is 5.58. The first kappa shape index (κ1) is 20.9. The van der Waals surface area contributed by atoms with E-state index >= 15 is 0 Å². The minimum Gasteiger partial charge on any atom is -0.343 e. The number of nitrogens with two attached hydrogens (primary N) is 1. The summed E-state index contributed by atoms with van der Waals surface area (Å²) in [5, 5.41) is 4.77. The average molecular weight is 427 g/mol. The summed E-state index contributed by atoms with van der Waals surface area (Å²) in [6, 6.07) is 0. The van der Waals surface area contributed by atoms with Crippen molar-refractivity contribution in [3.05, 3.63) is 0 Å². The fourth-order valence-corrected chi connectivity index (χ4v) is 3.75. The highest BCUT2D eigenvalue weighted by Gasteiger charge is 2.63. The Morgan fingerprint density at radius 1 is 1.16 bits per heavy atom. The van der Waals surface area contributed by atoms with E-state index in [1.54, 1.807) is 0 Å². The molecular weight excluding hydrogens is 410 g/mol. The van der Waals surface area contributed by atoms with Crippen LogP contribution in [0.15, 0.2) is 0 Å². The minimum absolute atomic E-state index is 0.513. The smallest absolute Gasteiger partial charge is 0.333 e. The molecule has 2 aliphatic rings. The van der Waals surface area contributed by atoms with Crippen LogP contribution in [0, 0.1) is 0 Å². The predicted molar refractivity (Wildman–Crippen MR) is 78.2 cm³/mol. The number of hydrogen-bond donors (Lipinski definition) is 3. The molecule has 0 bridgehead atoms. The summed E-state index contributed by atoms with van der Waals surface area (Å²) in [5.74, 6) is -3.28. The van der Waals surface area contributed by atoms with Crippen molar-refractivity contribution in [1.29, 1.82) is 0 Å². The fourth-order valence-electron chi connectivity index (χ4n) is 2.58. The lowest BCUT2D eigenvalue weighted by atomic mass is 9.98. The van der Waals surface area contributed by atoms with Gasteiger partial charge in [0, 0.05) is 0 Å². The van der Waals surface area contributed by atoms with Crippen molar-refractivity contribution >= 4 is 32.3 Å². The third kappa shape index (κ3) is 5.28. The van der Waals surface area contributed by atoms with E-state index in [-0.39, 0.29) is 0 Å². The number of thiol groups is 2. The molecule has 148 valence electrons. The monoisotopic (exact) mass is 427 g/mol. The Morgan fingerprint density at radius 2 is 1.76 bits per heavy atom. The molecule has 0 radical (unpaired) electrons. The zero-order valence-corrected chi connectivity index (χ0v) is 15.5. The van der Waals surface area contributed by atoms with Gasteiger partial charge in [-0.15, -0.1) is 0 Å². The molecule has 0 aromatic heterocycles. The molecule has 0 spiro atoms. The summed E-state index contributed by atoms with van der Waals surface area (Å²) < 4.78 is 96.0. The van der Waals surface area contributed by atoms with Gasteiger partial charge in [-0.05, 0) is 13.8 Å². The van der Waals surface area contributed by atoms with Gasteiger partial charge in [0.2, 0.25) is 5.79 Å². The summed E-state index contributed by atoms with van der Waals surface area (Å²) in [6.07, 6.45) is -4.28. The van der Waals surface area contributed by atoms with Gasteiger partial charge in [-0.25, -0.2) is 22.0 Å². The van der Waals surface area contributed by atoms with Gasteiger partial charge in [0.25, 0.3) is 22.0 Å². The molecule has 4 atom stereocenters. The Bertz CT molecular complexity index is 742. The summed E-state index contributed by atoms with van der Waals surface area (Å²) in [4.78, 5) is 0. The van der Waals surface area contributed by atoms with Gasteiger partial charge < -0.3 is 14.2 Å². The first-order chi connectivity index (χ1) is 11.3. The van der Waals surface area contributed by atoms with Crippen molar-refractivity contribution < 1.29 is 52.0 Å². The zero-order chi connectivity index (χ0) is 19.0. The largest absolute Gasteiger partial charge is 0.343 e. The Kier molecular flexibility index (Phi) is 6.09. The van der Waals surface area contributed by atoms with Crippen LogP contribution in [0.3, 0.4) is 0 Å². The van der Waals surface area contributed by atoms with E-state index in [4.69, 9.17) is 23.5 Å². The molecule has 0 saturated carbocycles. The molecule has 13 nitrogen and oxygen atoms in total. The van der Waals surface area contributed by atoms with Gasteiger partial charge >= 0.3 is 10.3 Å². The highest BCUT2D eigenvalue weighted by atomic mass is 32.2. The Labute approximate surface area is 146 Å². The average Bonchev–Trinajstić information content (AvgIpc) is 2.69. The molecule has 2 fully saturated rings. The third-order valence-corrected chi connectivity index (χ3v) is 4.58. The molecule has 16 heteroatoms. The van der Waals surface area contributed by atoms with Gasteiger partial charge in [-0.2, -0.15) is 8.42 Å². The lowest BCUT2D eigenvalue weighted by molar-refractivity contribution is -0.295. The zero-order valence-electron chi connectivity index (χ0n) is 12.9. The van der Waals surface area contributed by atoms with Crippen LogP contribution in [0.4, 0.5) is 0 Å². The SMILES string of the molecule is CC1(C)O[C@H]2[C@H](O[SH](=O)=O)[C@H](O[SH](=O)=O)CO[C@@]2(COS(N)(=O)=O)O1. The van der Waals surface area contributed by atoms with Crippen LogP contribution in [0.2, 0.25) is 0 Å². The number of rotatable bonds is 7. The van der Waals surface area contributed by atoms with Gasteiger partial charge in [0.15, 0.2) is 5.79 Å². The molecule has 0 aliphatic carbocycles. The molecule has 2 rings (SSSR count). The van der Waals surface area contributed by atoms with Crippen LogP contribution in [-0.2, 0) is 59.0 Å². The topological polar surface area (TPSA) is 184 Å². The van der Waals surface area contributed by atoms with Crippen LogP contribution in [0.5, 0.6) is 0 Å². The molecule has 2 heterocycles. The minimum atomic E-state index is -4.38. The van der Waals surface area contributed by atoms with Crippen LogP contribution >= 0.6 is 0 Å². The van der Waals surface area contributed by atoms with E-state index in [2.05, 4.69) is 8.37 Å². The summed E-state index contributed by atoms with van der Waals surface area (Å²) >= 11 is 0. The second kappa shape index (κ2) is 7.29. The highest BCUT2D eigenvalue weighted by molar-refractivity contribution is 7.84. The first-order valence-corrected chi connectivity index (χ1v) is 10.3. The van der Waals surface area contributed by atoms with E-state index < -0.39 is 75.4 Å². The molecular formula is C9H17NO12S3. The molecule has 25 heavy (non-hydrogen) atoms. The molecule has 2 aliphatic heterocycles. The Balaban J connectivity index is 2.37. The first-order valence-electron chi connectivity index (χ1n) is 6.65. The van der Waals surface area contributed by atoms with Crippen LogP contribution < -0.4 is 5.14 Å². The number of fused-ring (bicyclic) bond motifs is 1. The van der Waals surface area contributed by atoms with Gasteiger partial charge in [-0.1, -0.05) is 0 Å². The fraction of sp³-hybridized carbons (Fsp3) is 1.00. The molecule has 0 unspecified atom stereocenters. The van der Waals surface area contributed by atoms with Crippen LogP contribution in [-0.4, -0.2) is 68.4 Å². The maximum atomic E-state index is 11.1. The van der Waals surface area contributed by atoms with E-state index in [9.17, 15) is 25.3 Å². The van der Waals surface area contributed by atoms with Crippen molar-refractivity contribution in [2.75, 3.05) is 13.2 Å². The summed E-state index contributed by atoms with van der Waals surface area (Å²) in [6.45, 7) is 1.57. The van der Waals surface area contributed by atoms with Crippen molar-refractivity contribution in [3.63, 3.8) is 0 Å². The number of hydrogen-bond acceptors (Lipinski definition) is 12. The molecule has 0 aromatic carbocycles. The molecule has 0 aromatic rings. The number of ether oxygens (including phenoxy) is 3. The second-order valence-corrected chi connectivity index (χ2v) is 8.12. The quantitative estimate of drug-likeness (QED) is 0.348. The maximum absolute atomic E-state index is 11.1. The van der Waals surface area contributed by atoms with Crippen LogP contribution in [0.1, 0.15) is 13.8 Å². The van der Waals surface area contributed by atoms with Gasteiger partial charge in [0.05, 0.1) is 6.61 Å². The highest BCUT2D eigenvalue weighted by Crippen LogP contribution is 2.44. The van der Waals surface area contributed by atoms with E-state index in [0.717, 1.165) is 0 Å². The van der Waals surface area contributed by atoms with E-state index in [1.165, 1.54) is 13.8 Å². The summed E-state index contributed by atoms with van der Waals surface area (Å²) in [5.41, 5.74) is 0. The van der Waals surface area contributed by atoms with Crippen LogP contribution in [0.25, 0.3) is 0 Å². The lowest BCUT2D eigenvalue weighted by Crippen LogP contribution is -2.62. The van der Waals surface area contributed by atoms with E-state index in [1.807, 2.05) is 0 Å². The lowest BCUT2D eigenvalue weighted by Gasteiger charge is -2.41. The Morgan fingerprint density at radius 3 is 2.28 bits per heavy atom. The van der Waals surface area contributed by atoms with Crippen molar-refractivity contribution in [2.24, 2.45) is 5.14 Å². The normalized spacial score (nSPS) is 35.2. The Hall–Kier alpha value is -0.430. The standard InChI is InChI=1S/C9H17NO12S3/c1-8(2)19-7-6(21-24(13)14)5(20-23(11)12)3-17-9(7,22-8)4-18-25(10,15)16/h5-7,23-24H,3-4H2,1-2H3,(H2,10,15,16)/t5-,6-,7+,9+/m1/s1. The molecule has 0 amide bonds. The van der Waals surface area contributed by atoms with Crippen molar-refractivity contribution in [3.8, 4) is 0 Å². The van der Waals surface area contributed by atoms with Crippen molar-refractivity contribution in [2.45, 2.75) is 43.7 Å². The maximum Gasteiger partial charge on any atom is 0.333 e. The van der Waals surface area contributed by atoms with E-state index in [0.29, 0.717) is 0 Å². The third-order valence-electron chi connectivity index (χ3n) is 3.27. The molecule has 2 saturated heterocycles.